The van der Waals surface area contributed by atoms with E-state index in [2.05, 4.69) is 10.6 Å². The Hall–Kier alpha value is -2.76. The van der Waals surface area contributed by atoms with Crippen LogP contribution < -0.4 is 10.6 Å². The van der Waals surface area contributed by atoms with E-state index in [1.165, 1.54) is 11.8 Å². The minimum absolute atomic E-state index is 0.0837. The van der Waals surface area contributed by atoms with Crippen molar-refractivity contribution in [3.8, 4) is 0 Å². The highest BCUT2D eigenvalue weighted by molar-refractivity contribution is 8.00. The van der Waals surface area contributed by atoms with Crippen molar-refractivity contribution in [3.63, 3.8) is 0 Å². The van der Waals surface area contributed by atoms with Crippen molar-refractivity contribution in [1.82, 2.24) is 0 Å². The van der Waals surface area contributed by atoms with E-state index >= 15 is 0 Å². The zero-order chi connectivity index (χ0) is 19.1. The molecule has 6 heteroatoms. The van der Waals surface area contributed by atoms with Crippen LogP contribution in [0, 0.1) is 0 Å². The fourth-order valence-electron chi connectivity index (χ4n) is 2.36. The van der Waals surface area contributed by atoms with Crippen LogP contribution in [0.1, 0.15) is 10.4 Å². The van der Waals surface area contributed by atoms with Gasteiger partial charge in [0, 0.05) is 26.9 Å². The van der Waals surface area contributed by atoms with Gasteiger partial charge in [-0.1, -0.05) is 41.9 Å². The maximum absolute atomic E-state index is 12.3. The average Bonchev–Trinajstić information content (AvgIpc) is 2.67. The minimum atomic E-state index is -0.235. The van der Waals surface area contributed by atoms with Crippen molar-refractivity contribution in [2.75, 3.05) is 16.4 Å². The maximum atomic E-state index is 12.3. The van der Waals surface area contributed by atoms with Crippen molar-refractivity contribution >= 4 is 46.6 Å². The van der Waals surface area contributed by atoms with Crippen molar-refractivity contribution in [1.29, 1.82) is 0 Å². The van der Waals surface area contributed by atoms with Crippen LogP contribution in [-0.4, -0.2) is 17.6 Å². The van der Waals surface area contributed by atoms with Crippen molar-refractivity contribution in [2.24, 2.45) is 0 Å². The lowest BCUT2D eigenvalue weighted by Gasteiger charge is -2.08. The van der Waals surface area contributed by atoms with Crippen LogP contribution in [0.3, 0.4) is 0 Å². The largest absolute Gasteiger partial charge is 0.325 e. The van der Waals surface area contributed by atoms with Crippen LogP contribution in [-0.2, 0) is 4.79 Å². The molecule has 3 rings (SSSR count). The summed E-state index contributed by atoms with van der Waals surface area (Å²) < 4.78 is 0. The first kappa shape index (κ1) is 19.0. The number of carbonyl (C=O) groups is 2. The lowest BCUT2D eigenvalue weighted by atomic mass is 10.2. The molecule has 4 nitrogen and oxygen atoms in total. The number of anilines is 2. The number of halogens is 1. The second-order valence-electron chi connectivity index (χ2n) is 5.70. The zero-order valence-electron chi connectivity index (χ0n) is 14.3. The predicted molar refractivity (Wildman–Crippen MR) is 112 cm³/mol. The van der Waals surface area contributed by atoms with Gasteiger partial charge in [-0.25, -0.2) is 0 Å². The third kappa shape index (κ3) is 5.88. The molecule has 3 aromatic carbocycles. The summed E-state index contributed by atoms with van der Waals surface area (Å²) in [5.74, 6) is -0.0401. The fourth-order valence-corrected chi connectivity index (χ4v) is 3.31. The summed E-state index contributed by atoms with van der Waals surface area (Å²) in [4.78, 5) is 25.2. The van der Waals surface area contributed by atoms with Crippen LogP contribution in [0.5, 0.6) is 0 Å². The van der Waals surface area contributed by atoms with E-state index in [0.717, 1.165) is 10.6 Å². The molecule has 3 aromatic rings. The van der Waals surface area contributed by atoms with Gasteiger partial charge in [0.1, 0.15) is 0 Å². The Bertz CT molecular complexity index is 948. The van der Waals surface area contributed by atoms with Gasteiger partial charge in [0.2, 0.25) is 5.91 Å². The molecule has 0 fully saturated rings. The van der Waals surface area contributed by atoms with Gasteiger partial charge in [-0.3, -0.25) is 9.59 Å². The van der Waals surface area contributed by atoms with Crippen LogP contribution >= 0.6 is 23.4 Å². The van der Waals surface area contributed by atoms with E-state index in [9.17, 15) is 9.59 Å². The highest BCUT2D eigenvalue weighted by Crippen LogP contribution is 2.22. The summed E-state index contributed by atoms with van der Waals surface area (Å²) in [5, 5.41) is 6.20. The summed E-state index contributed by atoms with van der Waals surface area (Å²) in [6, 6.07) is 23.5. The van der Waals surface area contributed by atoms with Gasteiger partial charge in [-0.15, -0.1) is 11.8 Å². The number of hydrogen-bond acceptors (Lipinski definition) is 3. The molecule has 2 N–H and O–H groups in total. The quantitative estimate of drug-likeness (QED) is 0.554. The Morgan fingerprint density at radius 2 is 1.56 bits per heavy atom. The predicted octanol–water partition coefficient (Wildman–Crippen LogP) is 5.32. The highest BCUT2D eigenvalue weighted by atomic mass is 35.5. The first-order valence-electron chi connectivity index (χ1n) is 8.25. The fraction of sp³-hybridized carbons (Fsp3) is 0.0476. The van der Waals surface area contributed by atoms with Gasteiger partial charge in [0.25, 0.3) is 5.91 Å². The Kier molecular flexibility index (Phi) is 6.52. The normalized spacial score (nSPS) is 10.3. The first-order valence-corrected chi connectivity index (χ1v) is 9.61. The lowest BCUT2D eigenvalue weighted by molar-refractivity contribution is -0.113. The number of thioether (sulfide) groups is 1. The van der Waals surface area contributed by atoms with Crippen LogP contribution in [0.25, 0.3) is 0 Å². The summed E-state index contributed by atoms with van der Waals surface area (Å²) in [6.45, 7) is 0. The smallest absolute Gasteiger partial charge is 0.255 e. The molecule has 0 bridgehead atoms. The molecule has 0 heterocycles. The Morgan fingerprint density at radius 1 is 0.815 bits per heavy atom. The Morgan fingerprint density at radius 3 is 2.33 bits per heavy atom. The molecule has 136 valence electrons. The van der Waals surface area contributed by atoms with Gasteiger partial charge < -0.3 is 10.6 Å². The van der Waals surface area contributed by atoms with Crippen LogP contribution in [0.2, 0.25) is 5.02 Å². The SMILES string of the molecule is O=C(CSc1cccc(NC(=O)c2cccc(Cl)c2)c1)Nc1ccccc1. The van der Waals surface area contributed by atoms with Crippen LogP contribution in [0.15, 0.2) is 83.8 Å². The number of benzene rings is 3. The molecular formula is C21H17ClN2O2S. The van der Waals surface area contributed by atoms with Crippen LogP contribution in [0.4, 0.5) is 11.4 Å². The third-order valence-electron chi connectivity index (χ3n) is 3.61. The summed E-state index contributed by atoms with van der Waals surface area (Å²) in [6.07, 6.45) is 0. The topological polar surface area (TPSA) is 58.2 Å². The minimum Gasteiger partial charge on any atom is -0.325 e. The van der Waals surface area contributed by atoms with E-state index in [1.54, 1.807) is 30.3 Å². The second-order valence-corrected chi connectivity index (χ2v) is 7.18. The highest BCUT2D eigenvalue weighted by Gasteiger charge is 2.08. The Balaban J connectivity index is 1.57. The molecule has 0 aliphatic carbocycles. The van der Waals surface area contributed by atoms with Crippen molar-refractivity contribution < 1.29 is 9.59 Å². The Labute approximate surface area is 166 Å². The summed E-state index contributed by atoms with van der Waals surface area (Å²) >= 11 is 7.33. The maximum Gasteiger partial charge on any atom is 0.255 e. The number of amides is 2. The van der Waals surface area contributed by atoms with Gasteiger partial charge in [0.05, 0.1) is 5.75 Å². The first-order chi connectivity index (χ1) is 13.1. The molecule has 0 saturated heterocycles. The molecule has 27 heavy (non-hydrogen) atoms. The van der Waals surface area contributed by atoms with E-state index < -0.39 is 0 Å². The number of para-hydroxylation sites is 1. The molecular weight excluding hydrogens is 380 g/mol. The lowest BCUT2D eigenvalue weighted by Crippen LogP contribution is -2.14. The molecule has 0 aliphatic rings. The molecule has 0 aromatic heterocycles. The second kappa shape index (κ2) is 9.26. The molecule has 0 atom stereocenters. The summed E-state index contributed by atoms with van der Waals surface area (Å²) in [5.41, 5.74) is 1.92. The number of rotatable bonds is 6. The van der Waals surface area contributed by atoms with Crippen molar-refractivity contribution in [3.05, 3.63) is 89.4 Å². The molecule has 0 spiro atoms. The molecule has 2 amide bonds. The number of hydrogen-bond donors (Lipinski definition) is 2. The molecule has 0 unspecified atom stereocenters. The van der Waals surface area contributed by atoms with Gasteiger partial charge in [0.15, 0.2) is 0 Å². The number of nitrogens with one attached hydrogen (secondary N) is 2. The molecule has 0 aliphatic heterocycles. The standard InChI is InChI=1S/C21H17ClN2O2S/c22-16-7-4-6-15(12-16)21(26)24-18-10-5-11-19(13-18)27-14-20(25)23-17-8-2-1-3-9-17/h1-13H,14H2,(H,23,25)(H,24,26). The van der Waals surface area contributed by atoms with E-state index in [4.69, 9.17) is 11.6 Å². The monoisotopic (exact) mass is 396 g/mol. The molecule has 0 radical (unpaired) electrons. The van der Waals surface area contributed by atoms with E-state index in [1.807, 2.05) is 48.5 Å². The van der Waals surface area contributed by atoms with Gasteiger partial charge in [-0.05, 0) is 48.5 Å². The summed E-state index contributed by atoms with van der Waals surface area (Å²) in [7, 11) is 0. The van der Waals surface area contributed by atoms with Gasteiger partial charge >= 0.3 is 0 Å². The average molecular weight is 397 g/mol. The number of carbonyl (C=O) groups excluding carboxylic acids is 2. The van der Waals surface area contributed by atoms with E-state index in [-0.39, 0.29) is 17.6 Å². The molecule has 0 saturated carbocycles. The van der Waals surface area contributed by atoms with Crippen molar-refractivity contribution in [2.45, 2.75) is 4.90 Å². The van der Waals surface area contributed by atoms with E-state index in [0.29, 0.717) is 16.3 Å². The van der Waals surface area contributed by atoms with Gasteiger partial charge in [-0.2, -0.15) is 0 Å². The zero-order valence-corrected chi connectivity index (χ0v) is 15.9. The third-order valence-corrected chi connectivity index (χ3v) is 4.84.